The highest BCUT2D eigenvalue weighted by molar-refractivity contribution is 7.07. The number of carbonyl (C=O) groups is 1. The Bertz CT molecular complexity index is 2160. The molecule has 0 saturated carbocycles. The molecule has 0 radical (unpaired) electrons. The lowest BCUT2D eigenvalue weighted by molar-refractivity contribution is -0.384. The first-order valence-electron chi connectivity index (χ1n) is 14.3. The van der Waals surface area contributed by atoms with Crippen molar-refractivity contribution in [1.82, 2.24) is 4.57 Å². The highest BCUT2D eigenvalue weighted by Gasteiger charge is 2.32. The predicted octanol–water partition coefficient (Wildman–Crippen LogP) is 5.45. The first-order valence-corrected chi connectivity index (χ1v) is 15.1. The molecule has 0 unspecified atom stereocenters. The number of carbonyl (C=O) groups excluding carboxylic acids is 1. The minimum Gasteiger partial charge on any atom is -0.496 e. The van der Waals surface area contributed by atoms with Crippen LogP contribution < -0.4 is 29.7 Å². The molecule has 1 atom stereocenters. The van der Waals surface area contributed by atoms with Gasteiger partial charge < -0.3 is 19.2 Å². The minimum atomic E-state index is -0.765. The van der Waals surface area contributed by atoms with Gasteiger partial charge in [-0.15, -0.1) is 0 Å². The molecule has 1 aliphatic heterocycles. The summed E-state index contributed by atoms with van der Waals surface area (Å²) >= 11 is 1.17. The number of non-ortho nitro benzene ring substituents is 1. The van der Waals surface area contributed by atoms with Gasteiger partial charge in [0, 0.05) is 23.9 Å². The molecule has 6 rings (SSSR count). The number of amides is 1. The molecule has 0 fully saturated rings. The molecule has 5 aromatic rings. The molecule has 1 amide bonds. The van der Waals surface area contributed by atoms with Crippen molar-refractivity contribution < 1.29 is 23.6 Å². The van der Waals surface area contributed by atoms with E-state index in [4.69, 9.17) is 13.9 Å². The van der Waals surface area contributed by atoms with Gasteiger partial charge in [0.25, 0.3) is 17.2 Å². The fourth-order valence-electron chi connectivity index (χ4n) is 5.27. The maximum Gasteiger partial charge on any atom is 0.271 e. The number of ether oxygens (including phenoxy) is 2. The maximum absolute atomic E-state index is 14.1. The Hall–Kier alpha value is -5.75. The van der Waals surface area contributed by atoms with Crippen LogP contribution >= 0.6 is 11.3 Å². The number of hydrogen-bond acceptors (Lipinski definition) is 9. The van der Waals surface area contributed by atoms with Crippen molar-refractivity contribution in [3.05, 3.63) is 137 Å². The summed E-state index contributed by atoms with van der Waals surface area (Å²) in [5.41, 5.74) is 2.08. The number of para-hydroxylation sites is 1. The van der Waals surface area contributed by atoms with E-state index in [1.54, 1.807) is 37.3 Å². The predicted molar refractivity (Wildman–Crippen MR) is 174 cm³/mol. The van der Waals surface area contributed by atoms with Crippen LogP contribution in [0.2, 0.25) is 0 Å². The molecule has 46 heavy (non-hydrogen) atoms. The lowest BCUT2D eigenvalue weighted by Crippen LogP contribution is -2.40. The van der Waals surface area contributed by atoms with E-state index in [1.165, 1.54) is 41.2 Å². The number of fused-ring (bicyclic) bond motifs is 1. The SMILES string of the molecule is CCOc1ccc([C@H]2C(C(=O)Nc3ccccc3)=C(C)N=c3s/c(=C\c4ccc(-c5cc([N+](=O)[O-])ccc5OC)o4)c(=O)n32)cc1. The number of thiazole rings is 1. The van der Waals surface area contributed by atoms with Gasteiger partial charge in [-0.25, -0.2) is 4.99 Å². The third-order valence-electron chi connectivity index (χ3n) is 7.36. The second-order valence-corrected chi connectivity index (χ2v) is 11.3. The number of anilines is 1. The first-order chi connectivity index (χ1) is 22.3. The highest BCUT2D eigenvalue weighted by Crippen LogP contribution is 2.35. The molecule has 0 saturated heterocycles. The van der Waals surface area contributed by atoms with Gasteiger partial charge in [-0.05, 0) is 61.9 Å². The highest BCUT2D eigenvalue weighted by atomic mass is 32.1. The molecule has 2 aromatic heterocycles. The van der Waals surface area contributed by atoms with Crippen LogP contribution in [0.15, 0.2) is 110 Å². The Balaban J connectivity index is 1.44. The van der Waals surface area contributed by atoms with Gasteiger partial charge in [0.1, 0.15) is 23.0 Å². The molecule has 0 spiro atoms. The van der Waals surface area contributed by atoms with Crippen molar-refractivity contribution in [2.75, 3.05) is 19.0 Å². The average Bonchev–Trinajstić information content (AvgIpc) is 3.64. The zero-order chi connectivity index (χ0) is 32.4. The number of nitro benzene ring substituents is 1. The summed E-state index contributed by atoms with van der Waals surface area (Å²) in [4.78, 5) is 43.8. The van der Waals surface area contributed by atoms with Gasteiger partial charge in [0.05, 0.1) is 46.0 Å². The Morgan fingerprint density at radius 2 is 1.87 bits per heavy atom. The summed E-state index contributed by atoms with van der Waals surface area (Å²) in [6.07, 6.45) is 1.59. The van der Waals surface area contributed by atoms with Crippen LogP contribution in [0.5, 0.6) is 11.5 Å². The molecule has 3 aromatic carbocycles. The normalized spacial score (nSPS) is 14.4. The van der Waals surface area contributed by atoms with Crippen LogP contribution in [0.4, 0.5) is 11.4 Å². The molecule has 0 aliphatic carbocycles. The van der Waals surface area contributed by atoms with E-state index in [0.717, 1.165) is 0 Å². The molecule has 11 nitrogen and oxygen atoms in total. The van der Waals surface area contributed by atoms with Crippen molar-refractivity contribution in [2.45, 2.75) is 19.9 Å². The van der Waals surface area contributed by atoms with Crippen LogP contribution in [0.1, 0.15) is 31.2 Å². The first kappa shape index (κ1) is 30.3. The summed E-state index contributed by atoms with van der Waals surface area (Å²) in [5.74, 6) is 1.38. The van der Waals surface area contributed by atoms with Crippen molar-refractivity contribution >= 4 is 34.7 Å². The quantitative estimate of drug-likeness (QED) is 0.168. The lowest BCUT2D eigenvalue weighted by atomic mass is 9.95. The molecule has 3 heterocycles. The Morgan fingerprint density at radius 3 is 2.57 bits per heavy atom. The molecule has 1 N–H and O–H groups in total. The summed E-state index contributed by atoms with van der Waals surface area (Å²) in [6, 6.07) is 23.2. The van der Waals surface area contributed by atoms with Crippen LogP contribution in [-0.2, 0) is 4.79 Å². The number of benzene rings is 3. The van der Waals surface area contributed by atoms with E-state index in [2.05, 4.69) is 10.3 Å². The summed E-state index contributed by atoms with van der Waals surface area (Å²) in [7, 11) is 1.46. The second-order valence-electron chi connectivity index (χ2n) is 10.2. The summed E-state index contributed by atoms with van der Waals surface area (Å²) in [5, 5.41) is 14.3. The maximum atomic E-state index is 14.1. The van der Waals surface area contributed by atoms with E-state index in [0.29, 0.717) is 67.0 Å². The molecule has 232 valence electrons. The number of hydrogen-bond donors (Lipinski definition) is 1. The Labute approximate surface area is 266 Å². The molecule has 1 aliphatic rings. The van der Waals surface area contributed by atoms with Crippen molar-refractivity contribution in [3.63, 3.8) is 0 Å². The van der Waals surface area contributed by atoms with E-state index < -0.39 is 11.0 Å². The zero-order valence-electron chi connectivity index (χ0n) is 25.1. The topological polar surface area (TPSA) is 138 Å². The van der Waals surface area contributed by atoms with Gasteiger partial charge >= 0.3 is 0 Å². The van der Waals surface area contributed by atoms with Gasteiger partial charge in [-0.2, -0.15) is 0 Å². The van der Waals surface area contributed by atoms with E-state index in [9.17, 15) is 19.7 Å². The largest absolute Gasteiger partial charge is 0.496 e. The molecule has 12 heteroatoms. The number of methoxy groups -OCH3 is 1. The Kier molecular flexibility index (Phi) is 8.36. The third kappa shape index (κ3) is 5.85. The van der Waals surface area contributed by atoms with E-state index >= 15 is 0 Å². The second kappa shape index (κ2) is 12.7. The van der Waals surface area contributed by atoms with Crippen LogP contribution in [0.25, 0.3) is 17.4 Å². The summed E-state index contributed by atoms with van der Waals surface area (Å²) in [6.45, 7) is 4.15. The zero-order valence-corrected chi connectivity index (χ0v) is 25.9. The van der Waals surface area contributed by atoms with Gasteiger partial charge in [-0.1, -0.05) is 41.7 Å². The number of furan rings is 1. The number of allylic oxidation sites excluding steroid dienone is 1. The fourth-order valence-corrected chi connectivity index (χ4v) is 6.29. The van der Waals surface area contributed by atoms with E-state index in [1.807, 2.05) is 49.4 Å². The van der Waals surface area contributed by atoms with Crippen molar-refractivity contribution in [3.8, 4) is 22.8 Å². The van der Waals surface area contributed by atoms with Crippen molar-refractivity contribution in [2.24, 2.45) is 4.99 Å². The number of nitrogens with zero attached hydrogens (tertiary/aromatic N) is 3. The number of nitrogens with one attached hydrogen (secondary N) is 1. The monoisotopic (exact) mass is 636 g/mol. The van der Waals surface area contributed by atoms with E-state index in [-0.39, 0.29) is 17.2 Å². The standard InChI is InChI=1S/C34H28N4O7S/c1-4-44-24-13-10-21(11-14-24)31-30(32(39)36-22-8-6-5-7-9-22)20(2)35-34-37(31)33(40)29(46-34)19-25-15-17-28(45-25)26-18-23(38(41)42)12-16-27(26)43-3/h5-19,31H,4H2,1-3H3,(H,36,39)/b29-19-/t31-/m0/s1. The average molecular weight is 637 g/mol. The number of nitro groups is 1. The van der Waals surface area contributed by atoms with Gasteiger partial charge in [0.15, 0.2) is 4.80 Å². The number of rotatable bonds is 9. The molecular weight excluding hydrogens is 608 g/mol. The lowest BCUT2D eigenvalue weighted by Gasteiger charge is -2.25. The Morgan fingerprint density at radius 1 is 1.11 bits per heavy atom. The minimum absolute atomic E-state index is 0.112. The van der Waals surface area contributed by atoms with Crippen molar-refractivity contribution in [1.29, 1.82) is 0 Å². The summed E-state index contributed by atoms with van der Waals surface area (Å²) < 4.78 is 18.9. The fraction of sp³-hybridized carbons (Fsp3) is 0.147. The molecular formula is C34H28N4O7S. The smallest absolute Gasteiger partial charge is 0.271 e. The van der Waals surface area contributed by atoms with Gasteiger partial charge in [0.2, 0.25) is 0 Å². The third-order valence-corrected chi connectivity index (χ3v) is 8.35. The van der Waals surface area contributed by atoms with Gasteiger partial charge in [-0.3, -0.25) is 24.3 Å². The van der Waals surface area contributed by atoms with Crippen LogP contribution in [-0.4, -0.2) is 29.1 Å². The van der Waals surface area contributed by atoms with Crippen LogP contribution in [0, 0.1) is 10.1 Å². The molecule has 0 bridgehead atoms. The number of aromatic nitrogens is 1. The van der Waals surface area contributed by atoms with Crippen LogP contribution in [0.3, 0.4) is 0 Å².